The number of phenolic OH excluding ortho intramolecular Hbond substituents is 1. The van der Waals surface area contributed by atoms with Gasteiger partial charge in [0.05, 0.1) is 6.10 Å². The summed E-state index contributed by atoms with van der Waals surface area (Å²) in [6.07, 6.45) is 6.94. The van der Waals surface area contributed by atoms with Crippen LogP contribution in [0.3, 0.4) is 0 Å². The van der Waals surface area contributed by atoms with Gasteiger partial charge in [-0.25, -0.2) is 0 Å². The normalized spacial score (nSPS) is 12.7. The number of phenols is 1. The fourth-order valence-electron chi connectivity index (χ4n) is 2.95. The number of benzene rings is 3. The molecule has 0 amide bonds. The molecule has 25 heavy (non-hydrogen) atoms. The summed E-state index contributed by atoms with van der Waals surface area (Å²) in [5, 5.41) is 21.0. The Hall–Kier alpha value is -2.58. The molecule has 0 spiro atoms. The van der Waals surface area contributed by atoms with E-state index in [2.05, 4.69) is 48.6 Å². The first-order valence-electron chi connectivity index (χ1n) is 8.80. The molecule has 0 aliphatic rings. The summed E-state index contributed by atoms with van der Waals surface area (Å²) in [5.74, 6) is 0.296. The predicted octanol–water partition coefficient (Wildman–Crippen LogP) is 5.78. The number of aliphatic hydroxyl groups is 1. The average Bonchev–Trinajstić information content (AvgIpc) is 2.61. The Kier molecular flexibility index (Phi) is 5.52. The largest absolute Gasteiger partial charge is 0.508 e. The van der Waals surface area contributed by atoms with E-state index >= 15 is 0 Å². The summed E-state index contributed by atoms with van der Waals surface area (Å²) in [4.78, 5) is 0. The molecule has 0 radical (unpaired) electrons. The number of allylic oxidation sites excluding steroid dienone is 1. The minimum atomic E-state index is -0.210. The summed E-state index contributed by atoms with van der Waals surface area (Å²) in [6.45, 7) is 1.83. The second kappa shape index (κ2) is 8.00. The topological polar surface area (TPSA) is 40.5 Å². The predicted molar refractivity (Wildman–Crippen MR) is 106 cm³/mol. The van der Waals surface area contributed by atoms with E-state index in [1.165, 1.54) is 16.7 Å². The molecule has 1 unspecified atom stereocenters. The highest BCUT2D eigenvalue weighted by atomic mass is 16.3. The molecular weight excluding hydrogens is 308 g/mol. The highest BCUT2D eigenvalue weighted by molar-refractivity contribution is 5.88. The third-order valence-electron chi connectivity index (χ3n) is 4.37. The lowest BCUT2D eigenvalue weighted by Crippen LogP contribution is -1.97. The van der Waals surface area contributed by atoms with Gasteiger partial charge in [-0.1, -0.05) is 54.6 Å². The van der Waals surface area contributed by atoms with Gasteiger partial charge in [0.15, 0.2) is 0 Å². The monoisotopic (exact) mass is 332 g/mol. The maximum absolute atomic E-state index is 9.56. The van der Waals surface area contributed by atoms with Crippen LogP contribution in [0.25, 0.3) is 28.0 Å². The molecule has 0 aliphatic heterocycles. The molecule has 3 rings (SSSR count). The van der Waals surface area contributed by atoms with Crippen LogP contribution in [0, 0.1) is 0 Å². The van der Waals surface area contributed by atoms with Gasteiger partial charge in [-0.3, -0.25) is 0 Å². The van der Waals surface area contributed by atoms with Crippen molar-refractivity contribution in [3.8, 4) is 16.9 Å². The van der Waals surface area contributed by atoms with E-state index in [-0.39, 0.29) is 6.10 Å². The summed E-state index contributed by atoms with van der Waals surface area (Å²) in [5.41, 5.74) is 3.54. The lowest BCUT2D eigenvalue weighted by atomic mass is 10.00. The Morgan fingerprint density at radius 1 is 0.880 bits per heavy atom. The van der Waals surface area contributed by atoms with Crippen LogP contribution in [0.4, 0.5) is 0 Å². The number of hydrogen-bond acceptors (Lipinski definition) is 2. The maximum Gasteiger partial charge on any atom is 0.116 e. The number of fused-ring (bicyclic) bond motifs is 1. The molecule has 0 aromatic heterocycles. The van der Waals surface area contributed by atoms with Crippen molar-refractivity contribution >= 4 is 16.8 Å². The molecule has 0 saturated heterocycles. The highest BCUT2D eigenvalue weighted by Gasteiger charge is 2.01. The van der Waals surface area contributed by atoms with Crippen LogP contribution in [-0.2, 0) is 0 Å². The van der Waals surface area contributed by atoms with E-state index in [1.54, 1.807) is 12.1 Å². The lowest BCUT2D eigenvalue weighted by Gasteiger charge is -2.05. The standard InChI is InChI=1S/C23H24O2/c1-17(24)5-3-2-4-6-18-7-9-19(10-8-18)20-11-12-22-16-23(25)14-13-21(22)15-20/h4,6-17,24-25H,2-3,5H2,1H3/b6-4+. The molecule has 0 heterocycles. The molecule has 2 nitrogen and oxygen atoms in total. The zero-order chi connectivity index (χ0) is 17.6. The van der Waals surface area contributed by atoms with Crippen molar-refractivity contribution in [3.05, 3.63) is 72.3 Å². The number of aromatic hydroxyl groups is 1. The SMILES string of the molecule is CC(O)CCC/C=C/c1ccc(-c2ccc3cc(O)ccc3c2)cc1. The molecule has 0 saturated carbocycles. The second-order valence-electron chi connectivity index (χ2n) is 6.55. The zero-order valence-electron chi connectivity index (χ0n) is 14.5. The molecular formula is C23H24O2. The summed E-state index contributed by atoms with van der Waals surface area (Å²) < 4.78 is 0. The Labute approximate surface area is 149 Å². The zero-order valence-corrected chi connectivity index (χ0v) is 14.5. The molecule has 2 heteroatoms. The first-order chi connectivity index (χ1) is 12.1. The first-order valence-corrected chi connectivity index (χ1v) is 8.80. The number of rotatable bonds is 6. The maximum atomic E-state index is 9.56. The molecule has 1 atom stereocenters. The van der Waals surface area contributed by atoms with E-state index in [0.29, 0.717) is 5.75 Å². The van der Waals surface area contributed by atoms with Crippen molar-refractivity contribution in [2.24, 2.45) is 0 Å². The van der Waals surface area contributed by atoms with Gasteiger partial charge >= 0.3 is 0 Å². The van der Waals surface area contributed by atoms with Crippen molar-refractivity contribution in [2.45, 2.75) is 32.3 Å². The van der Waals surface area contributed by atoms with Crippen LogP contribution >= 0.6 is 0 Å². The summed E-state index contributed by atoms with van der Waals surface area (Å²) in [7, 11) is 0. The average molecular weight is 332 g/mol. The Morgan fingerprint density at radius 3 is 2.32 bits per heavy atom. The third kappa shape index (κ3) is 4.71. The van der Waals surface area contributed by atoms with E-state index in [4.69, 9.17) is 0 Å². The van der Waals surface area contributed by atoms with Crippen LogP contribution in [0.15, 0.2) is 66.7 Å². The van der Waals surface area contributed by atoms with Crippen LogP contribution in [0.5, 0.6) is 5.75 Å². The Balaban J connectivity index is 1.69. The molecule has 128 valence electrons. The molecule has 3 aromatic carbocycles. The molecule has 0 fully saturated rings. The number of unbranched alkanes of at least 4 members (excludes halogenated alkanes) is 1. The quantitative estimate of drug-likeness (QED) is 0.562. The molecule has 2 N–H and O–H groups in total. The Morgan fingerprint density at radius 2 is 1.56 bits per heavy atom. The van der Waals surface area contributed by atoms with Gasteiger partial charge in [0.2, 0.25) is 0 Å². The van der Waals surface area contributed by atoms with E-state index in [9.17, 15) is 10.2 Å². The van der Waals surface area contributed by atoms with Gasteiger partial charge in [-0.05, 0) is 71.8 Å². The number of hydrogen-bond donors (Lipinski definition) is 2. The van der Waals surface area contributed by atoms with Crippen LogP contribution < -0.4 is 0 Å². The van der Waals surface area contributed by atoms with Gasteiger partial charge in [0, 0.05) is 0 Å². The van der Waals surface area contributed by atoms with Gasteiger partial charge in [-0.2, -0.15) is 0 Å². The van der Waals surface area contributed by atoms with Gasteiger partial charge in [-0.15, -0.1) is 0 Å². The molecule has 3 aromatic rings. The first kappa shape index (κ1) is 17.2. The van der Waals surface area contributed by atoms with E-state index in [1.807, 2.05) is 19.1 Å². The van der Waals surface area contributed by atoms with Gasteiger partial charge in [0.1, 0.15) is 5.75 Å². The molecule has 0 bridgehead atoms. The third-order valence-corrected chi connectivity index (χ3v) is 4.37. The fourth-order valence-corrected chi connectivity index (χ4v) is 2.95. The van der Waals surface area contributed by atoms with Crippen molar-refractivity contribution in [1.29, 1.82) is 0 Å². The van der Waals surface area contributed by atoms with Crippen molar-refractivity contribution in [3.63, 3.8) is 0 Å². The van der Waals surface area contributed by atoms with Crippen LogP contribution in [0.2, 0.25) is 0 Å². The minimum Gasteiger partial charge on any atom is -0.508 e. The Bertz CT molecular complexity index is 861. The van der Waals surface area contributed by atoms with Crippen LogP contribution in [-0.4, -0.2) is 16.3 Å². The van der Waals surface area contributed by atoms with Crippen molar-refractivity contribution < 1.29 is 10.2 Å². The highest BCUT2D eigenvalue weighted by Crippen LogP contribution is 2.27. The number of aliphatic hydroxyl groups excluding tert-OH is 1. The summed E-state index contributed by atoms with van der Waals surface area (Å²) >= 11 is 0. The van der Waals surface area contributed by atoms with Crippen molar-refractivity contribution in [1.82, 2.24) is 0 Å². The molecule has 0 aliphatic carbocycles. The lowest BCUT2D eigenvalue weighted by molar-refractivity contribution is 0.182. The fraction of sp³-hybridized carbons (Fsp3) is 0.217. The van der Waals surface area contributed by atoms with Crippen molar-refractivity contribution in [2.75, 3.05) is 0 Å². The van der Waals surface area contributed by atoms with E-state index < -0.39 is 0 Å². The van der Waals surface area contributed by atoms with Gasteiger partial charge in [0.25, 0.3) is 0 Å². The second-order valence-corrected chi connectivity index (χ2v) is 6.55. The minimum absolute atomic E-state index is 0.210. The van der Waals surface area contributed by atoms with E-state index in [0.717, 1.165) is 30.0 Å². The van der Waals surface area contributed by atoms with Gasteiger partial charge < -0.3 is 10.2 Å². The smallest absolute Gasteiger partial charge is 0.116 e. The van der Waals surface area contributed by atoms with Crippen LogP contribution in [0.1, 0.15) is 31.7 Å². The summed E-state index contributed by atoms with van der Waals surface area (Å²) in [6, 6.07) is 20.2.